The third kappa shape index (κ3) is 7.92. The average Bonchev–Trinajstić information content (AvgIpc) is 1.87. The Morgan fingerprint density at radius 3 is 2.30 bits per heavy atom. The van der Waals surface area contributed by atoms with Crippen LogP contribution in [-0.4, -0.2) is 11.8 Å². The average molecular weight is 164 g/mol. The van der Waals surface area contributed by atoms with Gasteiger partial charge < -0.3 is 5.73 Å². The van der Waals surface area contributed by atoms with Gasteiger partial charge in [-0.25, -0.2) is 0 Å². The van der Waals surface area contributed by atoms with E-state index < -0.39 is 0 Å². The number of halogens is 1. The molecule has 0 aliphatic heterocycles. The zero-order valence-electron chi connectivity index (χ0n) is 6.11. The Kier molecular flexibility index (Phi) is 6.98. The number of unbranched alkanes of at least 4 members (excludes halogenated alkanes) is 3. The summed E-state index contributed by atoms with van der Waals surface area (Å²) in [5, 5.41) is -0.229. The Morgan fingerprint density at radius 1 is 1.20 bits per heavy atom. The molecule has 0 aromatic carbocycles. The van der Waals surface area contributed by atoms with Crippen LogP contribution < -0.4 is 5.73 Å². The molecule has 0 atom stereocenters. The second kappa shape index (κ2) is 7.03. The lowest BCUT2D eigenvalue weighted by molar-refractivity contribution is -0.111. The molecule has 60 valence electrons. The standard InChI is InChI=1S/C7H14ClNO/c8-7(10)5-3-1-2-4-6-9/h1-6,9H2. The first kappa shape index (κ1) is 9.92. The molecule has 0 saturated carbocycles. The van der Waals surface area contributed by atoms with E-state index in [4.69, 9.17) is 17.3 Å². The SMILES string of the molecule is NCCCCCCC(=O)Cl. The molecule has 0 heterocycles. The van der Waals surface area contributed by atoms with Crippen LogP contribution in [0.3, 0.4) is 0 Å². The number of nitrogens with two attached hydrogens (primary N) is 1. The first-order valence-electron chi connectivity index (χ1n) is 3.65. The highest BCUT2D eigenvalue weighted by Crippen LogP contribution is 2.03. The Labute approximate surface area is 66.7 Å². The highest BCUT2D eigenvalue weighted by Gasteiger charge is 1.94. The van der Waals surface area contributed by atoms with Crippen LogP contribution in [0.15, 0.2) is 0 Å². The van der Waals surface area contributed by atoms with Gasteiger partial charge >= 0.3 is 0 Å². The van der Waals surface area contributed by atoms with Crippen LogP contribution in [-0.2, 0) is 4.79 Å². The number of carbonyl (C=O) groups excluding carboxylic acids is 1. The highest BCUT2D eigenvalue weighted by molar-refractivity contribution is 6.63. The zero-order valence-corrected chi connectivity index (χ0v) is 6.86. The summed E-state index contributed by atoms with van der Waals surface area (Å²) in [6.45, 7) is 0.745. The molecule has 0 aliphatic carbocycles. The van der Waals surface area contributed by atoms with E-state index in [1.807, 2.05) is 0 Å². The lowest BCUT2D eigenvalue weighted by Gasteiger charge is -1.95. The zero-order chi connectivity index (χ0) is 7.82. The Morgan fingerprint density at radius 2 is 1.80 bits per heavy atom. The number of hydrogen-bond donors (Lipinski definition) is 1. The molecule has 0 spiro atoms. The molecule has 0 aromatic rings. The Balaban J connectivity index is 2.84. The van der Waals surface area contributed by atoms with Crippen LogP contribution in [0.1, 0.15) is 32.1 Å². The van der Waals surface area contributed by atoms with E-state index in [1.54, 1.807) is 0 Å². The minimum Gasteiger partial charge on any atom is -0.330 e. The topological polar surface area (TPSA) is 43.1 Å². The molecule has 0 unspecified atom stereocenters. The van der Waals surface area contributed by atoms with Gasteiger partial charge in [0.1, 0.15) is 0 Å². The molecule has 2 nitrogen and oxygen atoms in total. The van der Waals surface area contributed by atoms with Gasteiger partial charge in [-0.05, 0) is 31.0 Å². The lowest BCUT2D eigenvalue weighted by Crippen LogP contribution is -1.97. The van der Waals surface area contributed by atoms with Gasteiger partial charge in [-0.15, -0.1) is 0 Å². The number of hydrogen-bond acceptors (Lipinski definition) is 2. The summed E-state index contributed by atoms with van der Waals surface area (Å²) >= 11 is 5.13. The molecule has 0 radical (unpaired) electrons. The smallest absolute Gasteiger partial charge is 0.221 e. The van der Waals surface area contributed by atoms with E-state index in [1.165, 1.54) is 0 Å². The van der Waals surface area contributed by atoms with E-state index in [2.05, 4.69) is 0 Å². The Bertz CT molecular complexity index is 95.6. The molecular formula is C7H14ClNO. The van der Waals surface area contributed by atoms with Crippen molar-refractivity contribution < 1.29 is 4.79 Å². The summed E-state index contributed by atoms with van der Waals surface area (Å²) in [6.07, 6.45) is 4.64. The first-order chi connectivity index (χ1) is 4.77. The first-order valence-corrected chi connectivity index (χ1v) is 4.03. The Hall–Kier alpha value is -0.0800. The molecular weight excluding hydrogens is 150 g/mol. The minimum absolute atomic E-state index is 0.229. The molecule has 0 aliphatic rings. The van der Waals surface area contributed by atoms with Crippen LogP contribution in [0.2, 0.25) is 0 Å². The lowest BCUT2D eigenvalue weighted by atomic mass is 10.1. The molecule has 0 amide bonds. The fraction of sp³-hybridized carbons (Fsp3) is 0.857. The van der Waals surface area contributed by atoms with Crippen molar-refractivity contribution in [2.24, 2.45) is 5.73 Å². The minimum atomic E-state index is -0.229. The van der Waals surface area contributed by atoms with E-state index in [-0.39, 0.29) is 5.24 Å². The quantitative estimate of drug-likeness (QED) is 0.478. The second-order valence-corrected chi connectivity index (χ2v) is 2.73. The molecule has 0 rings (SSSR count). The van der Waals surface area contributed by atoms with E-state index in [9.17, 15) is 4.79 Å². The third-order valence-electron chi connectivity index (χ3n) is 1.33. The van der Waals surface area contributed by atoms with Crippen molar-refractivity contribution >= 4 is 16.8 Å². The molecule has 0 aromatic heterocycles. The summed E-state index contributed by atoms with van der Waals surface area (Å²) in [7, 11) is 0. The maximum Gasteiger partial charge on any atom is 0.221 e. The summed E-state index contributed by atoms with van der Waals surface area (Å²) in [5.74, 6) is 0. The summed E-state index contributed by atoms with van der Waals surface area (Å²) in [5.41, 5.74) is 5.28. The van der Waals surface area contributed by atoms with E-state index in [0.29, 0.717) is 6.42 Å². The number of carbonyl (C=O) groups is 1. The molecule has 3 heteroatoms. The van der Waals surface area contributed by atoms with Crippen molar-refractivity contribution in [3.63, 3.8) is 0 Å². The van der Waals surface area contributed by atoms with E-state index in [0.717, 1.165) is 32.2 Å². The number of rotatable bonds is 6. The van der Waals surface area contributed by atoms with E-state index >= 15 is 0 Å². The van der Waals surface area contributed by atoms with Gasteiger partial charge in [0.2, 0.25) is 5.24 Å². The normalized spacial score (nSPS) is 9.80. The van der Waals surface area contributed by atoms with Crippen molar-refractivity contribution in [2.45, 2.75) is 32.1 Å². The molecule has 0 saturated heterocycles. The van der Waals surface area contributed by atoms with Gasteiger partial charge in [-0.1, -0.05) is 12.8 Å². The molecule has 0 bridgehead atoms. The van der Waals surface area contributed by atoms with Crippen LogP contribution in [0.4, 0.5) is 0 Å². The molecule has 2 N–H and O–H groups in total. The van der Waals surface area contributed by atoms with Crippen LogP contribution in [0.5, 0.6) is 0 Å². The van der Waals surface area contributed by atoms with Crippen molar-refractivity contribution in [3.05, 3.63) is 0 Å². The van der Waals surface area contributed by atoms with Crippen molar-refractivity contribution in [1.29, 1.82) is 0 Å². The largest absolute Gasteiger partial charge is 0.330 e. The fourth-order valence-corrected chi connectivity index (χ4v) is 0.896. The predicted octanol–water partition coefficient (Wildman–Crippen LogP) is 1.66. The van der Waals surface area contributed by atoms with Crippen molar-refractivity contribution in [2.75, 3.05) is 6.54 Å². The maximum absolute atomic E-state index is 10.2. The van der Waals surface area contributed by atoms with Crippen molar-refractivity contribution in [1.82, 2.24) is 0 Å². The monoisotopic (exact) mass is 163 g/mol. The maximum atomic E-state index is 10.2. The third-order valence-corrected chi connectivity index (χ3v) is 1.52. The highest BCUT2D eigenvalue weighted by atomic mass is 35.5. The summed E-state index contributed by atoms with van der Waals surface area (Å²) in [4.78, 5) is 10.2. The predicted molar refractivity (Wildman–Crippen MR) is 43.0 cm³/mol. The molecule has 10 heavy (non-hydrogen) atoms. The van der Waals surface area contributed by atoms with Gasteiger partial charge in [0.15, 0.2) is 0 Å². The van der Waals surface area contributed by atoms with Gasteiger partial charge in [-0.3, -0.25) is 4.79 Å². The van der Waals surface area contributed by atoms with Gasteiger partial charge in [-0.2, -0.15) is 0 Å². The van der Waals surface area contributed by atoms with Crippen LogP contribution in [0.25, 0.3) is 0 Å². The van der Waals surface area contributed by atoms with Crippen LogP contribution >= 0.6 is 11.6 Å². The van der Waals surface area contributed by atoms with Crippen LogP contribution in [0, 0.1) is 0 Å². The van der Waals surface area contributed by atoms with Crippen molar-refractivity contribution in [3.8, 4) is 0 Å². The summed E-state index contributed by atoms with van der Waals surface area (Å²) in [6, 6.07) is 0. The van der Waals surface area contributed by atoms with Gasteiger partial charge in [0.25, 0.3) is 0 Å². The fourth-order valence-electron chi connectivity index (χ4n) is 0.762. The van der Waals surface area contributed by atoms with Gasteiger partial charge in [0.05, 0.1) is 0 Å². The second-order valence-electron chi connectivity index (χ2n) is 2.31. The summed E-state index contributed by atoms with van der Waals surface area (Å²) < 4.78 is 0. The van der Waals surface area contributed by atoms with Gasteiger partial charge in [0, 0.05) is 6.42 Å². The molecule has 0 fully saturated rings.